The zero-order valence-corrected chi connectivity index (χ0v) is 6.01. The van der Waals surface area contributed by atoms with Crippen LogP contribution in [0, 0.1) is 0 Å². The molecule has 4 nitrogen and oxygen atoms in total. The molecule has 10 heavy (non-hydrogen) atoms. The highest BCUT2D eigenvalue weighted by atomic mass is 32.1. The third-order valence-corrected chi connectivity index (χ3v) is 1.97. The molecule has 1 aromatic rings. The number of rotatable bonds is 2. The van der Waals surface area contributed by atoms with Crippen LogP contribution in [-0.2, 0) is 0 Å². The van der Waals surface area contributed by atoms with E-state index in [9.17, 15) is 0 Å². The van der Waals surface area contributed by atoms with Crippen LogP contribution in [0.5, 0.6) is 0 Å². The molecule has 0 fully saturated rings. The van der Waals surface area contributed by atoms with Gasteiger partial charge in [0.2, 0.25) is 0 Å². The highest BCUT2D eigenvalue weighted by molar-refractivity contribution is 7.15. The van der Waals surface area contributed by atoms with Gasteiger partial charge in [-0.1, -0.05) is 11.3 Å². The number of thiazole rings is 1. The van der Waals surface area contributed by atoms with E-state index in [1.54, 1.807) is 0 Å². The standard InChI is InChI=1S/C5H8N2O2S/c6-5-7-1-4(10-5)3(9)2-8/h1,3,8-9H,2H2,(H2,6,7). The Kier molecular flexibility index (Phi) is 2.21. The fourth-order valence-corrected chi connectivity index (χ4v) is 1.21. The molecule has 0 saturated heterocycles. The highest BCUT2D eigenvalue weighted by Crippen LogP contribution is 2.21. The van der Waals surface area contributed by atoms with E-state index in [-0.39, 0.29) is 6.61 Å². The molecule has 0 aliphatic rings. The Morgan fingerprint density at radius 2 is 2.50 bits per heavy atom. The smallest absolute Gasteiger partial charge is 0.180 e. The van der Waals surface area contributed by atoms with E-state index in [0.717, 1.165) is 0 Å². The second kappa shape index (κ2) is 2.96. The van der Waals surface area contributed by atoms with Crippen molar-refractivity contribution in [3.8, 4) is 0 Å². The van der Waals surface area contributed by atoms with Gasteiger partial charge in [0.15, 0.2) is 5.13 Å². The Bertz CT molecular complexity index is 213. The van der Waals surface area contributed by atoms with Gasteiger partial charge in [-0.3, -0.25) is 0 Å². The van der Waals surface area contributed by atoms with Crippen molar-refractivity contribution >= 4 is 16.5 Å². The normalized spacial score (nSPS) is 13.4. The van der Waals surface area contributed by atoms with Crippen molar-refractivity contribution < 1.29 is 10.2 Å². The van der Waals surface area contributed by atoms with Crippen molar-refractivity contribution in [3.63, 3.8) is 0 Å². The van der Waals surface area contributed by atoms with Gasteiger partial charge >= 0.3 is 0 Å². The lowest BCUT2D eigenvalue weighted by molar-refractivity contribution is 0.0982. The van der Waals surface area contributed by atoms with E-state index in [1.807, 2.05) is 0 Å². The van der Waals surface area contributed by atoms with Gasteiger partial charge in [-0.2, -0.15) is 0 Å². The van der Waals surface area contributed by atoms with Crippen molar-refractivity contribution in [2.24, 2.45) is 0 Å². The molecule has 0 amide bonds. The van der Waals surface area contributed by atoms with Crippen LogP contribution in [-0.4, -0.2) is 21.8 Å². The monoisotopic (exact) mass is 160 g/mol. The van der Waals surface area contributed by atoms with Gasteiger partial charge in [0.25, 0.3) is 0 Å². The number of nitrogens with zero attached hydrogens (tertiary/aromatic N) is 1. The van der Waals surface area contributed by atoms with E-state index >= 15 is 0 Å². The molecule has 0 aliphatic heterocycles. The quantitative estimate of drug-likeness (QED) is 0.557. The first-order valence-electron chi connectivity index (χ1n) is 2.74. The Hall–Kier alpha value is -0.650. The summed E-state index contributed by atoms with van der Waals surface area (Å²) in [6, 6.07) is 0. The van der Waals surface area contributed by atoms with E-state index < -0.39 is 6.10 Å². The van der Waals surface area contributed by atoms with Crippen LogP contribution in [0.1, 0.15) is 11.0 Å². The van der Waals surface area contributed by atoms with Crippen LogP contribution in [0.2, 0.25) is 0 Å². The summed E-state index contributed by atoms with van der Waals surface area (Å²) in [6.07, 6.45) is 0.621. The Balaban J connectivity index is 2.74. The first-order valence-corrected chi connectivity index (χ1v) is 3.56. The summed E-state index contributed by atoms with van der Waals surface area (Å²) in [7, 11) is 0. The average Bonchev–Trinajstić information content (AvgIpc) is 2.34. The maximum Gasteiger partial charge on any atom is 0.180 e. The number of aliphatic hydroxyl groups is 2. The van der Waals surface area contributed by atoms with Gasteiger partial charge in [0.1, 0.15) is 6.10 Å². The van der Waals surface area contributed by atoms with Crippen molar-refractivity contribution in [2.45, 2.75) is 6.10 Å². The maximum atomic E-state index is 9.01. The van der Waals surface area contributed by atoms with Crippen LogP contribution in [0.15, 0.2) is 6.20 Å². The Morgan fingerprint density at radius 3 is 2.90 bits per heavy atom. The summed E-state index contributed by atoms with van der Waals surface area (Å²) in [5.74, 6) is 0. The number of anilines is 1. The van der Waals surface area contributed by atoms with Crippen LogP contribution < -0.4 is 5.73 Å². The Morgan fingerprint density at radius 1 is 1.80 bits per heavy atom. The molecular weight excluding hydrogens is 152 g/mol. The predicted molar refractivity (Wildman–Crippen MR) is 38.6 cm³/mol. The first-order chi connectivity index (χ1) is 4.74. The van der Waals surface area contributed by atoms with E-state index in [4.69, 9.17) is 15.9 Å². The number of hydrogen-bond acceptors (Lipinski definition) is 5. The summed E-state index contributed by atoms with van der Waals surface area (Å²) < 4.78 is 0. The summed E-state index contributed by atoms with van der Waals surface area (Å²) in [5, 5.41) is 17.9. The fourth-order valence-electron chi connectivity index (χ4n) is 0.545. The molecule has 1 aromatic heterocycles. The molecule has 0 saturated carbocycles. The molecule has 0 radical (unpaired) electrons. The maximum absolute atomic E-state index is 9.01. The SMILES string of the molecule is Nc1ncc(C(O)CO)s1. The van der Waals surface area contributed by atoms with Gasteiger partial charge in [-0.15, -0.1) is 0 Å². The average molecular weight is 160 g/mol. The number of hydrogen-bond donors (Lipinski definition) is 3. The number of nitrogen functional groups attached to an aromatic ring is 1. The van der Waals surface area contributed by atoms with Crippen molar-refractivity contribution in [2.75, 3.05) is 12.3 Å². The number of aliphatic hydroxyl groups excluding tert-OH is 2. The van der Waals surface area contributed by atoms with Gasteiger partial charge in [0.05, 0.1) is 11.5 Å². The lowest BCUT2D eigenvalue weighted by Gasteiger charge is -1.99. The first kappa shape index (κ1) is 7.46. The molecule has 5 heteroatoms. The molecule has 0 aliphatic carbocycles. The number of aromatic nitrogens is 1. The minimum Gasteiger partial charge on any atom is -0.393 e. The predicted octanol–water partition coefficient (Wildman–Crippen LogP) is -0.249. The molecule has 0 aromatic carbocycles. The molecule has 0 bridgehead atoms. The molecule has 1 heterocycles. The summed E-state index contributed by atoms with van der Waals surface area (Å²) in [6.45, 7) is -0.290. The third-order valence-electron chi connectivity index (χ3n) is 1.04. The summed E-state index contributed by atoms with van der Waals surface area (Å²) in [4.78, 5) is 4.31. The van der Waals surface area contributed by atoms with Gasteiger partial charge in [0, 0.05) is 6.20 Å². The van der Waals surface area contributed by atoms with E-state index in [2.05, 4.69) is 4.98 Å². The van der Waals surface area contributed by atoms with Crippen LogP contribution in [0.25, 0.3) is 0 Å². The molecule has 0 spiro atoms. The third kappa shape index (κ3) is 1.44. The zero-order valence-electron chi connectivity index (χ0n) is 5.19. The van der Waals surface area contributed by atoms with Crippen molar-refractivity contribution in [1.82, 2.24) is 4.98 Å². The highest BCUT2D eigenvalue weighted by Gasteiger charge is 2.08. The molecule has 4 N–H and O–H groups in total. The molecule has 1 unspecified atom stereocenters. The molecular formula is C5H8N2O2S. The van der Waals surface area contributed by atoms with Gasteiger partial charge in [-0.05, 0) is 0 Å². The molecule has 56 valence electrons. The zero-order chi connectivity index (χ0) is 7.56. The molecule has 1 atom stereocenters. The van der Waals surface area contributed by atoms with Gasteiger partial charge < -0.3 is 15.9 Å². The lowest BCUT2D eigenvalue weighted by Crippen LogP contribution is -1.98. The second-order valence-electron chi connectivity index (χ2n) is 1.80. The van der Waals surface area contributed by atoms with Crippen molar-refractivity contribution in [3.05, 3.63) is 11.1 Å². The summed E-state index contributed by atoms with van der Waals surface area (Å²) in [5.41, 5.74) is 5.29. The fraction of sp³-hybridized carbons (Fsp3) is 0.400. The van der Waals surface area contributed by atoms with Crippen LogP contribution in [0.3, 0.4) is 0 Å². The van der Waals surface area contributed by atoms with E-state index in [0.29, 0.717) is 10.0 Å². The largest absolute Gasteiger partial charge is 0.393 e. The summed E-state index contributed by atoms with van der Waals surface area (Å²) >= 11 is 1.18. The van der Waals surface area contributed by atoms with Crippen LogP contribution >= 0.6 is 11.3 Å². The van der Waals surface area contributed by atoms with Crippen LogP contribution in [0.4, 0.5) is 5.13 Å². The second-order valence-corrected chi connectivity index (χ2v) is 2.89. The minimum atomic E-state index is -0.838. The topological polar surface area (TPSA) is 79.4 Å². The molecule has 1 rings (SSSR count). The lowest BCUT2D eigenvalue weighted by atomic mass is 10.3. The van der Waals surface area contributed by atoms with Crippen molar-refractivity contribution in [1.29, 1.82) is 0 Å². The van der Waals surface area contributed by atoms with E-state index in [1.165, 1.54) is 17.5 Å². The minimum absolute atomic E-state index is 0.290. The Labute approximate surface area is 61.9 Å². The van der Waals surface area contributed by atoms with Gasteiger partial charge in [-0.25, -0.2) is 4.98 Å². The number of nitrogens with two attached hydrogens (primary N) is 1.